The summed E-state index contributed by atoms with van der Waals surface area (Å²) in [6, 6.07) is 8.95. The molecule has 106 valence electrons. The van der Waals surface area contributed by atoms with Crippen molar-refractivity contribution in [1.29, 1.82) is 0 Å². The third kappa shape index (κ3) is 3.50. The average Bonchev–Trinajstić information content (AvgIpc) is 2.34. The van der Waals surface area contributed by atoms with Gasteiger partial charge >= 0.3 is 0 Å². The summed E-state index contributed by atoms with van der Waals surface area (Å²) < 4.78 is 0. The molecule has 0 amide bonds. The van der Waals surface area contributed by atoms with Crippen molar-refractivity contribution in [3.05, 3.63) is 29.8 Å². The molecule has 0 radical (unpaired) electrons. The Kier molecular flexibility index (Phi) is 4.19. The van der Waals surface area contributed by atoms with Crippen LogP contribution in [0.4, 0.5) is 5.69 Å². The Morgan fingerprint density at radius 2 is 2.00 bits per heavy atom. The van der Waals surface area contributed by atoms with Crippen LogP contribution in [0.3, 0.4) is 0 Å². The van der Waals surface area contributed by atoms with Crippen LogP contribution in [0.25, 0.3) is 0 Å². The lowest BCUT2D eigenvalue weighted by Crippen LogP contribution is -2.44. The van der Waals surface area contributed by atoms with Gasteiger partial charge in [-0.15, -0.1) is 0 Å². The van der Waals surface area contributed by atoms with Gasteiger partial charge in [0.15, 0.2) is 0 Å². The van der Waals surface area contributed by atoms with Gasteiger partial charge in [-0.3, -0.25) is 0 Å². The fourth-order valence-corrected chi connectivity index (χ4v) is 3.40. The second-order valence-electron chi connectivity index (χ2n) is 7.00. The van der Waals surface area contributed by atoms with Crippen molar-refractivity contribution >= 4 is 5.69 Å². The molecule has 2 heteroatoms. The molecule has 0 heterocycles. The maximum absolute atomic E-state index is 6.34. The van der Waals surface area contributed by atoms with Gasteiger partial charge in [0.1, 0.15) is 0 Å². The standard InChI is InChI=1S/C17H28N2/c1-13-7-5-6-8-16(13)19(4)12-14-11-17(2,3)10-9-15(14)18/h5-8,14-15H,9-12,18H2,1-4H3. The summed E-state index contributed by atoms with van der Waals surface area (Å²) in [5, 5.41) is 0. The van der Waals surface area contributed by atoms with Crippen LogP contribution in [0.2, 0.25) is 0 Å². The second kappa shape index (κ2) is 5.54. The summed E-state index contributed by atoms with van der Waals surface area (Å²) >= 11 is 0. The minimum absolute atomic E-state index is 0.361. The monoisotopic (exact) mass is 260 g/mol. The smallest absolute Gasteiger partial charge is 0.0393 e. The molecule has 0 bridgehead atoms. The number of anilines is 1. The highest BCUT2D eigenvalue weighted by molar-refractivity contribution is 5.52. The quantitative estimate of drug-likeness (QED) is 0.900. The molecule has 2 rings (SSSR count). The molecular formula is C17H28N2. The van der Waals surface area contributed by atoms with E-state index < -0.39 is 0 Å². The summed E-state index contributed by atoms with van der Waals surface area (Å²) in [6.45, 7) is 7.99. The average molecular weight is 260 g/mol. The maximum atomic E-state index is 6.34. The molecule has 1 fully saturated rings. The molecule has 1 aliphatic carbocycles. The first-order valence-electron chi connectivity index (χ1n) is 7.41. The van der Waals surface area contributed by atoms with Crippen LogP contribution in [0.5, 0.6) is 0 Å². The molecule has 2 atom stereocenters. The maximum Gasteiger partial charge on any atom is 0.0393 e. The van der Waals surface area contributed by atoms with Crippen LogP contribution >= 0.6 is 0 Å². The highest BCUT2D eigenvalue weighted by Crippen LogP contribution is 2.38. The molecule has 0 aliphatic heterocycles. The predicted octanol–water partition coefficient (Wildman–Crippen LogP) is 3.58. The third-order valence-corrected chi connectivity index (χ3v) is 4.61. The molecule has 0 saturated heterocycles. The number of para-hydroxylation sites is 1. The zero-order valence-corrected chi connectivity index (χ0v) is 12.8. The fraction of sp³-hybridized carbons (Fsp3) is 0.647. The Hall–Kier alpha value is -1.02. The Bertz CT molecular complexity index is 425. The zero-order chi connectivity index (χ0) is 14.0. The third-order valence-electron chi connectivity index (χ3n) is 4.61. The van der Waals surface area contributed by atoms with Gasteiger partial charge in [0.2, 0.25) is 0 Å². The van der Waals surface area contributed by atoms with E-state index >= 15 is 0 Å². The van der Waals surface area contributed by atoms with Crippen LogP contribution < -0.4 is 10.6 Å². The molecule has 19 heavy (non-hydrogen) atoms. The lowest BCUT2D eigenvalue weighted by Gasteiger charge is -2.41. The number of aryl methyl sites for hydroxylation is 1. The summed E-state index contributed by atoms with van der Waals surface area (Å²) in [5.41, 5.74) is 9.46. The van der Waals surface area contributed by atoms with Crippen molar-refractivity contribution < 1.29 is 0 Å². The summed E-state index contributed by atoms with van der Waals surface area (Å²) in [6.07, 6.45) is 3.67. The van der Waals surface area contributed by atoms with E-state index in [2.05, 4.69) is 57.0 Å². The van der Waals surface area contributed by atoms with Crippen LogP contribution in [-0.2, 0) is 0 Å². The van der Waals surface area contributed by atoms with E-state index in [4.69, 9.17) is 5.73 Å². The van der Waals surface area contributed by atoms with Crippen LogP contribution in [0.15, 0.2) is 24.3 Å². The van der Waals surface area contributed by atoms with Gasteiger partial charge in [-0.25, -0.2) is 0 Å². The Balaban J connectivity index is 2.06. The van der Waals surface area contributed by atoms with Crippen LogP contribution in [0, 0.1) is 18.3 Å². The number of benzene rings is 1. The number of hydrogen-bond donors (Lipinski definition) is 1. The Labute approximate surface area is 118 Å². The molecular weight excluding hydrogens is 232 g/mol. The number of hydrogen-bond acceptors (Lipinski definition) is 2. The van der Waals surface area contributed by atoms with Crippen molar-refractivity contribution in [2.45, 2.75) is 46.1 Å². The van der Waals surface area contributed by atoms with E-state index in [0.29, 0.717) is 17.4 Å². The van der Waals surface area contributed by atoms with Crippen LogP contribution in [0.1, 0.15) is 38.7 Å². The lowest BCUT2D eigenvalue weighted by molar-refractivity contribution is 0.161. The molecule has 0 aromatic heterocycles. The first kappa shape index (κ1) is 14.4. The molecule has 2 unspecified atom stereocenters. The van der Waals surface area contributed by atoms with E-state index in [1.807, 2.05) is 0 Å². The topological polar surface area (TPSA) is 29.3 Å². The summed E-state index contributed by atoms with van der Waals surface area (Å²) in [5.74, 6) is 0.605. The van der Waals surface area contributed by atoms with E-state index in [1.165, 1.54) is 30.5 Å². The van der Waals surface area contributed by atoms with Gasteiger partial charge in [-0.1, -0.05) is 32.0 Å². The second-order valence-corrected chi connectivity index (χ2v) is 7.00. The molecule has 2 N–H and O–H groups in total. The molecule has 0 spiro atoms. The Morgan fingerprint density at radius 3 is 2.68 bits per heavy atom. The number of nitrogens with zero attached hydrogens (tertiary/aromatic N) is 1. The van der Waals surface area contributed by atoms with Crippen molar-refractivity contribution in [3.8, 4) is 0 Å². The Morgan fingerprint density at radius 1 is 1.32 bits per heavy atom. The molecule has 1 saturated carbocycles. The highest BCUT2D eigenvalue weighted by atomic mass is 15.1. The van der Waals surface area contributed by atoms with Crippen LogP contribution in [-0.4, -0.2) is 19.6 Å². The van der Waals surface area contributed by atoms with Gasteiger partial charge in [-0.2, -0.15) is 0 Å². The normalized spacial score (nSPS) is 26.2. The largest absolute Gasteiger partial charge is 0.374 e. The van der Waals surface area contributed by atoms with E-state index in [9.17, 15) is 0 Å². The van der Waals surface area contributed by atoms with E-state index in [0.717, 1.165) is 6.54 Å². The van der Waals surface area contributed by atoms with Crippen molar-refractivity contribution in [1.82, 2.24) is 0 Å². The van der Waals surface area contributed by atoms with Gasteiger partial charge in [0, 0.05) is 25.3 Å². The highest BCUT2D eigenvalue weighted by Gasteiger charge is 2.33. The minimum atomic E-state index is 0.361. The number of rotatable bonds is 3. The molecule has 1 aromatic rings. The molecule has 1 aliphatic rings. The SMILES string of the molecule is Cc1ccccc1N(C)CC1CC(C)(C)CCC1N. The van der Waals surface area contributed by atoms with Gasteiger partial charge in [0.25, 0.3) is 0 Å². The van der Waals surface area contributed by atoms with Crippen molar-refractivity contribution in [2.75, 3.05) is 18.5 Å². The van der Waals surface area contributed by atoms with Crippen molar-refractivity contribution in [2.24, 2.45) is 17.1 Å². The fourth-order valence-electron chi connectivity index (χ4n) is 3.40. The molecule has 2 nitrogen and oxygen atoms in total. The lowest BCUT2D eigenvalue weighted by atomic mass is 9.70. The van der Waals surface area contributed by atoms with Gasteiger partial charge in [-0.05, 0) is 49.1 Å². The first-order valence-corrected chi connectivity index (χ1v) is 7.41. The van der Waals surface area contributed by atoms with E-state index in [1.54, 1.807) is 0 Å². The van der Waals surface area contributed by atoms with Gasteiger partial charge in [0.05, 0.1) is 0 Å². The first-order chi connectivity index (χ1) is 8.89. The summed E-state index contributed by atoms with van der Waals surface area (Å²) in [4.78, 5) is 2.38. The van der Waals surface area contributed by atoms with Gasteiger partial charge < -0.3 is 10.6 Å². The molecule has 1 aromatic carbocycles. The number of nitrogens with two attached hydrogens (primary N) is 1. The minimum Gasteiger partial charge on any atom is -0.374 e. The van der Waals surface area contributed by atoms with Crippen molar-refractivity contribution in [3.63, 3.8) is 0 Å². The summed E-state index contributed by atoms with van der Waals surface area (Å²) in [7, 11) is 2.19. The predicted molar refractivity (Wildman–Crippen MR) is 83.5 cm³/mol. The zero-order valence-electron chi connectivity index (χ0n) is 12.8. The van der Waals surface area contributed by atoms with E-state index in [-0.39, 0.29) is 0 Å².